The number of carbonyl (C=O) groups excluding carboxylic acids is 1. The molecule has 3 nitrogen and oxygen atoms in total. The summed E-state index contributed by atoms with van der Waals surface area (Å²) in [6.45, 7) is 3.90. The number of amides is 1. The van der Waals surface area contributed by atoms with E-state index in [1.165, 1.54) is 11.1 Å². The zero-order chi connectivity index (χ0) is 16.6. The smallest absolute Gasteiger partial charge is 0.248 e. The molecule has 2 N–H and O–H groups in total. The van der Waals surface area contributed by atoms with Gasteiger partial charge in [-0.25, -0.2) is 0 Å². The summed E-state index contributed by atoms with van der Waals surface area (Å²) in [5.74, 6) is -0.384. The van der Waals surface area contributed by atoms with Gasteiger partial charge in [-0.15, -0.1) is 0 Å². The number of benzene rings is 1. The molecule has 1 amide bonds. The Balaban J connectivity index is 2.15. The fraction of sp³-hybridized carbons (Fsp3) is 0.263. The first-order valence-corrected chi connectivity index (χ1v) is 8.10. The van der Waals surface area contributed by atoms with Crippen LogP contribution in [-0.2, 0) is 0 Å². The minimum Gasteiger partial charge on any atom is -0.366 e. The average Bonchev–Trinajstić information content (AvgIpc) is 2.99. The lowest BCUT2D eigenvalue weighted by Gasteiger charge is -2.12. The molecule has 1 aliphatic carbocycles. The molecule has 1 aliphatic rings. The van der Waals surface area contributed by atoms with E-state index >= 15 is 0 Å². The lowest BCUT2D eigenvalue weighted by molar-refractivity contribution is 0.0999. The van der Waals surface area contributed by atoms with E-state index in [1.54, 1.807) is 6.20 Å². The maximum absolute atomic E-state index is 11.6. The van der Waals surface area contributed by atoms with Gasteiger partial charge in [0, 0.05) is 23.0 Å². The maximum Gasteiger partial charge on any atom is 0.248 e. The topological polar surface area (TPSA) is 56.0 Å². The lowest BCUT2D eigenvalue weighted by Crippen LogP contribution is -2.13. The zero-order valence-corrected chi connectivity index (χ0v) is 14.1. The second-order valence-electron chi connectivity index (χ2n) is 5.99. The molecule has 0 saturated heterocycles. The van der Waals surface area contributed by atoms with Crippen molar-refractivity contribution in [3.8, 4) is 0 Å². The highest BCUT2D eigenvalue weighted by atomic mass is 35.5. The van der Waals surface area contributed by atoms with E-state index in [9.17, 15) is 4.79 Å². The molecule has 0 bridgehead atoms. The first-order valence-electron chi connectivity index (χ1n) is 7.72. The van der Waals surface area contributed by atoms with Crippen molar-refractivity contribution in [2.24, 2.45) is 5.73 Å². The molecule has 0 unspecified atom stereocenters. The highest BCUT2D eigenvalue weighted by Gasteiger charge is 2.20. The van der Waals surface area contributed by atoms with Gasteiger partial charge in [-0.2, -0.15) is 0 Å². The van der Waals surface area contributed by atoms with Crippen LogP contribution in [0.5, 0.6) is 0 Å². The van der Waals surface area contributed by atoms with Gasteiger partial charge in [-0.3, -0.25) is 9.78 Å². The van der Waals surface area contributed by atoms with Crippen molar-refractivity contribution < 1.29 is 4.79 Å². The van der Waals surface area contributed by atoms with E-state index in [4.69, 9.17) is 17.3 Å². The Hall–Kier alpha value is -2.13. The molecule has 0 radical (unpaired) electrons. The van der Waals surface area contributed by atoms with Crippen LogP contribution in [0.25, 0.3) is 11.1 Å². The van der Waals surface area contributed by atoms with Crippen LogP contribution in [0.3, 0.4) is 0 Å². The van der Waals surface area contributed by atoms with Crippen LogP contribution in [0.1, 0.15) is 52.0 Å². The summed E-state index contributed by atoms with van der Waals surface area (Å²) in [4.78, 5) is 16.0. The van der Waals surface area contributed by atoms with Gasteiger partial charge in [-0.1, -0.05) is 23.7 Å². The van der Waals surface area contributed by atoms with Crippen LogP contribution < -0.4 is 5.73 Å². The van der Waals surface area contributed by atoms with E-state index in [1.807, 2.05) is 32.0 Å². The molecule has 0 saturated carbocycles. The molecule has 2 aromatic rings. The molecule has 1 aromatic carbocycles. The van der Waals surface area contributed by atoms with Crippen LogP contribution in [0, 0.1) is 13.8 Å². The van der Waals surface area contributed by atoms with Crippen LogP contribution in [0.4, 0.5) is 0 Å². The van der Waals surface area contributed by atoms with Crippen LogP contribution >= 0.6 is 11.6 Å². The van der Waals surface area contributed by atoms with Gasteiger partial charge in [0.05, 0.1) is 5.02 Å². The molecular weight excluding hydrogens is 308 g/mol. The number of aromatic nitrogens is 1. The van der Waals surface area contributed by atoms with E-state index in [2.05, 4.69) is 11.1 Å². The molecule has 0 spiro atoms. The summed E-state index contributed by atoms with van der Waals surface area (Å²) in [5.41, 5.74) is 12.7. The summed E-state index contributed by atoms with van der Waals surface area (Å²) in [6, 6.07) is 7.91. The summed E-state index contributed by atoms with van der Waals surface area (Å²) < 4.78 is 0. The molecule has 118 valence electrons. The van der Waals surface area contributed by atoms with E-state index in [0.717, 1.165) is 41.6 Å². The van der Waals surface area contributed by atoms with Gasteiger partial charge in [-0.05, 0) is 67.5 Å². The summed E-state index contributed by atoms with van der Waals surface area (Å²) in [5, 5.41) is 0.645. The standard InChI is InChI=1S/C19H19ClN2O/c1-11-6-7-13(8-17(11)19(21)23)15-4-3-5-16(15)18-9-14(20)10-22-12(18)2/h6-10H,3-5H2,1-2H3,(H2,21,23). The molecule has 0 fully saturated rings. The third-order valence-electron chi connectivity index (χ3n) is 4.45. The largest absolute Gasteiger partial charge is 0.366 e. The Labute approximate surface area is 141 Å². The van der Waals surface area contributed by atoms with Gasteiger partial charge in [0.15, 0.2) is 0 Å². The van der Waals surface area contributed by atoms with Gasteiger partial charge in [0.2, 0.25) is 5.91 Å². The minimum atomic E-state index is -0.384. The molecule has 0 atom stereocenters. The van der Waals surface area contributed by atoms with Crippen LogP contribution in [0.2, 0.25) is 5.02 Å². The molecule has 1 heterocycles. The van der Waals surface area contributed by atoms with E-state index < -0.39 is 0 Å². The predicted molar refractivity (Wildman–Crippen MR) is 94.3 cm³/mol. The Morgan fingerprint density at radius 1 is 1.17 bits per heavy atom. The third kappa shape index (κ3) is 3.02. The van der Waals surface area contributed by atoms with E-state index in [0.29, 0.717) is 10.6 Å². The van der Waals surface area contributed by atoms with Gasteiger partial charge in [0.1, 0.15) is 0 Å². The fourth-order valence-corrected chi connectivity index (χ4v) is 3.41. The van der Waals surface area contributed by atoms with Crippen molar-refractivity contribution in [3.63, 3.8) is 0 Å². The predicted octanol–water partition coefficient (Wildman–Crippen LogP) is 4.55. The van der Waals surface area contributed by atoms with Crippen molar-refractivity contribution in [2.75, 3.05) is 0 Å². The van der Waals surface area contributed by atoms with Crippen LogP contribution in [-0.4, -0.2) is 10.9 Å². The number of hydrogen-bond donors (Lipinski definition) is 1. The third-order valence-corrected chi connectivity index (χ3v) is 4.65. The lowest BCUT2D eigenvalue weighted by atomic mass is 9.94. The van der Waals surface area contributed by atoms with Crippen molar-refractivity contribution in [2.45, 2.75) is 33.1 Å². The molecule has 1 aromatic heterocycles. The molecule has 4 heteroatoms. The molecule has 23 heavy (non-hydrogen) atoms. The second kappa shape index (κ2) is 6.17. The van der Waals surface area contributed by atoms with Crippen LogP contribution in [0.15, 0.2) is 30.5 Å². The summed E-state index contributed by atoms with van der Waals surface area (Å²) in [6.07, 6.45) is 4.75. The number of carbonyl (C=O) groups is 1. The number of nitrogens with two attached hydrogens (primary N) is 1. The van der Waals surface area contributed by atoms with Crippen molar-refractivity contribution in [1.29, 1.82) is 0 Å². The molecule has 3 rings (SSSR count). The first-order chi connectivity index (χ1) is 11.0. The van der Waals surface area contributed by atoms with Crippen molar-refractivity contribution >= 4 is 28.7 Å². The maximum atomic E-state index is 11.6. The number of aryl methyl sites for hydroxylation is 2. The zero-order valence-electron chi connectivity index (χ0n) is 13.3. The van der Waals surface area contributed by atoms with E-state index in [-0.39, 0.29) is 5.91 Å². The Morgan fingerprint density at radius 2 is 1.91 bits per heavy atom. The highest BCUT2D eigenvalue weighted by molar-refractivity contribution is 6.30. The minimum absolute atomic E-state index is 0.384. The highest BCUT2D eigenvalue weighted by Crippen LogP contribution is 2.41. The number of nitrogens with zero attached hydrogens (tertiary/aromatic N) is 1. The Kier molecular flexibility index (Phi) is 4.22. The average molecular weight is 327 g/mol. The summed E-state index contributed by atoms with van der Waals surface area (Å²) in [7, 11) is 0. The Morgan fingerprint density at radius 3 is 2.65 bits per heavy atom. The van der Waals surface area contributed by atoms with Gasteiger partial charge < -0.3 is 5.73 Å². The Bertz CT molecular complexity index is 824. The number of pyridine rings is 1. The first kappa shape index (κ1) is 15.8. The van der Waals surface area contributed by atoms with Crippen molar-refractivity contribution in [3.05, 3.63) is 63.4 Å². The molecular formula is C19H19ClN2O. The second-order valence-corrected chi connectivity index (χ2v) is 6.43. The number of rotatable bonds is 3. The fourth-order valence-electron chi connectivity index (χ4n) is 3.25. The number of halogens is 1. The monoisotopic (exact) mass is 326 g/mol. The summed E-state index contributed by atoms with van der Waals surface area (Å²) >= 11 is 6.13. The SMILES string of the molecule is Cc1ccc(C2=C(c3cc(Cl)cnc3C)CCC2)cc1C(N)=O. The number of primary amides is 1. The number of hydrogen-bond acceptors (Lipinski definition) is 2. The van der Waals surface area contributed by atoms with Gasteiger partial charge >= 0.3 is 0 Å². The molecule has 0 aliphatic heterocycles. The van der Waals surface area contributed by atoms with Gasteiger partial charge in [0.25, 0.3) is 0 Å². The number of allylic oxidation sites excluding steroid dienone is 2. The van der Waals surface area contributed by atoms with Crippen molar-refractivity contribution in [1.82, 2.24) is 4.98 Å². The normalized spacial score (nSPS) is 14.4. The quantitative estimate of drug-likeness (QED) is 0.899.